The Morgan fingerprint density at radius 2 is 2.09 bits per heavy atom. The molecule has 2 N–H and O–H groups in total. The Kier molecular flexibility index (Phi) is 8.10. The molecule has 0 radical (unpaired) electrons. The normalized spacial score (nSPS) is 11.2. The molecular formula is C24H29N5O3. The van der Waals surface area contributed by atoms with E-state index in [0.717, 1.165) is 5.57 Å². The predicted octanol–water partition coefficient (Wildman–Crippen LogP) is 3.53. The lowest BCUT2D eigenvalue weighted by molar-refractivity contribution is 0.0887. The minimum Gasteiger partial charge on any atom is -0.385 e. The number of nitrogens with zero attached hydrogens (tertiary/aromatic N) is 3. The van der Waals surface area contributed by atoms with E-state index in [1.54, 1.807) is 37.6 Å². The number of carbonyl (C=O) groups excluding carboxylic acids is 1. The highest BCUT2D eigenvalue weighted by Crippen LogP contribution is 2.18. The van der Waals surface area contributed by atoms with Gasteiger partial charge >= 0.3 is 0 Å². The molecule has 0 aromatic carbocycles. The highest BCUT2D eigenvalue weighted by Gasteiger charge is 2.21. The molecule has 0 aliphatic carbocycles. The minimum atomic E-state index is -0.428. The third kappa shape index (κ3) is 6.15. The monoisotopic (exact) mass is 435 g/mol. The van der Waals surface area contributed by atoms with Gasteiger partial charge in [-0.2, -0.15) is 5.26 Å². The molecule has 0 spiro atoms. The molecule has 32 heavy (non-hydrogen) atoms. The zero-order chi connectivity index (χ0) is 23.9. The van der Waals surface area contributed by atoms with Crippen molar-refractivity contribution in [3.05, 3.63) is 75.9 Å². The molecule has 2 heterocycles. The molecule has 0 fully saturated rings. The van der Waals surface area contributed by atoms with Gasteiger partial charge in [0.15, 0.2) is 5.82 Å². The van der Waals surface area contributed by atoms with Crippen LogP contribution >= 0.6 is 0 Å². The van der Waals surface area contributed by atoms with Gasteiger partial charge in [0, 0.05) is 37.2 Å². The number of aromatic amines is 1. The lowest BCUT2D eigenvalue weighted by atomic mass is 10.0. The maximum absolute atomic E-state index is 13.0. The summed E-state index contributed by atoms with van der Waals surface area (Å²) in [6.07, 6.45) is 6.96. The number of methoxy groups -OCH3 is 1. The predicted molar refractivity (Wildman–Crippen MR) is 124 cm³/mol. The Morgan fingerprint density at radius 3 is 2.66 bits per heavy atom. The number of carbonyl (C=O) groups is 1. The zero-order valence-electron chi connectivity index (χ0n) is 19.2. The summed E-state index contributed by atoms with van der Waals surface area (Å²) in [6.45, 7) is 11.8. The molecule has 0 aliphatic rings. The third-order valence-electron chi connectivity index (χ3n) is 4.82. The summed E-state index contributed by atoms with van der Waals surface area (Å²) in [7, 11) is 1.62. The fraction of sp³-hybridized carbons (Fsp3) is 0.333. The van der Waals surface area contributed by atoms with Crippen LogP contribution in [0.5, 0.6) is 0 Å². The highest BCUT2D eigenvalue weighted by atomic mass is 16.5. The van der Waals surface area contributed by atoms with Crippen molar-refractivity contribution in [1.82, 2.24) is 20.1 Å². The number of aromatic nitrogens is 3. The summed E-state index contributed by atoms with van der Waals surface area (Å²) < 4.78 is 6.38. The van der Waals surface area contributed by atoms with Gasteiger partial charge in [0.05, 0.1) is 17.2 Å². The van der Waals surface area contributed by atoms with Crippen molar-refractivity contribution in [2.24, 2.45) is 0 Å². The van der Waals surface area contributed by atoms with Gasteiger partial charge in [-0.25, -0.2) is 9.67 Å². The van der Waals surface area contributed by atoms with Crippen molar-refractivity contribution < 1.29 is 9.53 Å². The molecule has 2 rings (SSSR count). The molecule has 0 saturated carbocycles. The summed E-state index contributed by atoms with van der Waals surface area (Å²) in [5, 5.41) is 14.8. The van der Waals surface area contributed by atoms with Crippen LogP contribution in [-0.2, 0) is 4.74 Å². The van der Waals surface area contributed by atoms with Crippen LogP contribution in [0.1, 0.15) is 50.0 Å². The zero-order valence-corrected chi connectivity index (χ0v) is 19.2. The molecule has 1 amide bonds. The summed E-state index contributed by atoms with van der Waals surface area (Å²) in [5.74, 6) is 0.106. The van der Waals surface area contributed by atoms with Crippen molar-refractivity contribution in [3.8, 4) is 11.9 Å². The van der Waals surface area contributed by atoms with E-state index < -0.39 is 5.54 Å². The fourth-order valence-electron chi connectivity index (χ4n) is 2.93. The number of nitrogens with one attached hydrogen (secondary N) is 2. The van der Waals surface area contributed by atoms with Crippen LogP contribution in [0.15, 0.2) is 59.2 Å². The SMILES string of the molecule is C=C(C#N)/C=C\C(=C(C)C)c1c[nH]n(-c2ccc(C(=O)NC(C)(C)CCOC)cn2)c1=O. The first kappa shape index (κ1) is 24.6. The van der Waals surface area contributed by atoms with Gasteiger partial charge in [-0.3, -0.25) is 14.7 Å². The van der Waals surface area contributed by atoms with Crippen LogP contribution in [0, 0.1) is 11.3 Å². The van der Waals surface area contributed by atoms with Crippen LogP contribution in [0.2, 0.25) is 0 Å². The summed E-state index contributed by atoms with van der Waals surface area (Å²) >= 11 is 0. The average molecular weight is 436 g/mol. The lowest BCUT2D eigenvalue weighted by Gasteiger charge is -2.25. The maximum atomic E-state index is 13.0. The molecule has 8 nitrogen and oxygen atoms in total. The van der Waals surface area contributed by atoms with Crippen molar-refractivity contribution >= 4 is 11.5 Å². The Bertz CT molecular complexity index is 1140. The molecule has 0 bridgehead atoms. The van der Waals surface area contributed by atoms with E-state index in [9.17, 15) is 9.59 Å². The van der Waals surface area contributed by atoms with Gasteiger partial charge in [-0.15, -0.1) is 0 Å². The Labute approximate surface area is 187 Å². The molecule has 2 aromatic heterocycles. The van der Waals surface area contributed by atoms with Gasteiger partial charge in [0.1, 0.15) is 0 Å². The standard InChI is InChI=1S/C24H29N5O3/c1-16(2)19(9-7-17(3)13-25)20-15-27-29(23(20)31)21-10-8-18(14-26-21)22(30)28-24(4,5)11-12-32-6/h7-10,14-15,27H,3,11-12H2,1-2,4-6H3,(H,28,30)/b9-7-. The van der Waals surface area contributed by atoms with E-state index in [1.807, 2.05) is 33.8 Å². The largest absolute Gasteiger partial charge is 0.385 e. The molecular weight excluding hydrogens is 406 g/mol. The van der Waals surface area contributed by atoms with Gasteiger partial charge in [0.25, 0.3) is 11.5 Å². The van der Waals surface area contributed by atoms with Crippen LogP contribution in [-0.4, -0.2) is 39.9 Å². The fourth-order valence-corrected chi connectivity index (χ4v) is 2.93. The molecule has 0 unspecified atom stereocenters. The molecule has 2 aromatic rings. The van der Waals surface area contributed by atoms with Crippen molar-refractivity contribution in [3.63, 3.8) is 0 Å². The second-order valence-electron chi connectivity index (χ2n) is 8.20. The summed E-state index contributed by atoms with van der Waals surface area (Å²) in [5.41, 5.74) is 2.00. The second-order valence-corrected chi connectivity index (χ2v) is 8.20. The molecule has 168 valence electrons. The molecule has 0 aliphatic heterocycles. The minimum absolute atomic E-state index is 0.251. The third-order valence-corrected chi connectivity index (χ3v) is 4.82. The van der Waals surface area contributed by atoms with E-state index in [4.69, 9.17) is 10.00 Å². The number of nitriles is 1. The number of hydrogen-bond acceptors (Lipinski definition) is 5. The molecule has 8 heteroatoms. The first-order valence-corrected chi connectivity index (χ1v) is 10.1. The van der Waals surface area contributed by atoms with Crippen LogP contribution < -0.4 is 10.9 Å². The Balaban J connectivity index is 2.27. The maximum Gasteiger partial charge on any atom is 0.280 e. The van der Waals surface area contributed by atoms with E-state index in [-0.39, 0.29) is 11.5 Å². The lowest BCUT2D eigenvalue weighted by Crippen LogP contribution is -2.44. The Hall–Kier alpha value is -3.70. The number of allylic oxidation sites excluding steroid dienone is 5. The van der Waals surface area contributed by atoms with Gasteiger partial charge in [0.2, 0.25) is 0 Å². The van der Waals surface area contributed by atoms with Gasteiger partial charge in [-0.05, 0) is 57.9 Å². The summed E-state index contributed by atoms with van der Waals surface area (Å²) in [4.78, 5) is 29.8. The van der Waals surface area contributed by atoms with E-state index >= 15 is 0 Å². The Morgan fingerprint density at radius 1 is 1.38 bits per heavy atom. The quantitative estimate of drug-likeness (QED) is 0.462. The molecule has 0 saturated heterocycles. The second kappa shape index (κ2) is 10.6. The van der Waals surface area contributed by atoms with E-state index in [2.05, 4.69) is 22.0 Å². The number of hydrogen-bond donors (Lipinski definition) is 2. The van der Waals surface area contributed by atoms with Crippen molar-refractivity contribution in [1.29, 1.82) is 5.26 Å². The van der Waals surface area contributed by atoms with E-state index in [0.29, 0.717) is 41.1 Å². The van der Waals surface area contributed by atoms with Gasteiger partial charge in [-0.1, -0.05) is 18.2 Å². The van der Waals surface area contributed by atoms with E-state index in [1.165, 1.54) is 10.9 Å². The van der Waals surface area contributed by atoms with Crippen LogP contribution in [0.4, 0.5) is 0 Å². The smallest absolute Gasteiger partial charge is 0.280 e. The topological polar surface area (TPSA) is 113 Å². The van der Waals surface area contributed by atoms with Gasteiger partial charge < -0.3 is 10.1 Å². The number of ether oxygens (including phenoxy) is 1. The van der Waals surface area contributed by atoms with Crippen molar-refractivity contribution in [2.45, 2.75) is 39.7 Å². The highest BCUT2D eigenvalue weighted by molar-refractivity contribution is 5.94. The average Bonchev–Trinajstić information content (AvgIpc) is 3.12. The first-order chi connectivity index (χ1) is 15.1. The molecule has 0 atom stereocenters. The first-order valence-electron chi connectivity index (χ1n) is 10.1. The number of H-pyrrole nitrogens is 1. The van der Waals surface area contributed by atoms with Crippen LogP contribution in [0.25, 0.3) is 11.4 Å². The van der Waals surface area contributed by atoms with Crippen molar-refractivity contribution in [2.75, 3.05) is 13.7 Å². The number of pyridine rings is 1. The summed E-state index contributed by atoms with van der Waals surface area (Å²) in [6, 6.07) is 5.18. The number of amides is 1. The van der Waals surface area contributed by atoms with Crippen LogP contribution in [0.3, 0.4) is 0 Å². The number of rotatable bonds is 9.